The van der Waals surface area contributed by atoms with Crippen LogP contribution in [0.4, 0.5) is 0 Å². The third kappa shape index (κ3) is 5.81. The van der Waals surface area contributed by atoms with Crippen molar-refractivity contribution in [1.82, 2.24) is 0 Å². The molecule has 0 amide bonds. The van der Waals surface area contributed by atoms with Gasteiger partial charge in [0, 0.05) is 0 Å². The highest BCUT2D eigenvalue weighted by Crippen LogP contribution is 2.29. The summed E-state index contributed by atoms with van der Waals surface area (Å²) < 4.78 is 0. The van der Waals surface area contributed by atoms with E-state index in [2.05, 4.69) is 175 Å². The van der Waals surface area contributed by atoms with Crippen LogP contribution in [0.15, 0.2) is 133 Å². The van der Waals surface area contributed by atoms with E-state index in [9.17, 15) is 0 Å². The van der Waals surface area contributed by atoms with Crippen LogP contribution in [0.2, 0.25) is 0 Å². The molecule has 8 aromatic carbocycles. The zero-order valence-electron chi connectivity index (χ0n) is 26.7. The smallest absolute Gasteiger partial charge is 0.0146 e. The summed E-state index contributed by atoms with van der Waals surface area (Å²) in [7, 11) is 0. The highest BCUT2D eigenvalue weighted by molar-refractivity contribution is 6.02. The van der Waals surface area contributed by atoms with Crippen LogP contribution in [0.25, 0.3) is 53.9 Å². The number of benzene rings is 8. The molecule has 0 aliphatic carbocycles. The van der Waals surface area contributed by atoms with Gasteiger partial charge in [0.1, 0.15) is 0 Å². The Hall–Kier alpha value is -4.94. The molecule has 0 atom stereocenters. The molecule has 0 fully saturated rings. The third-order valence-corrected chi connectivity index (χ3v) is 9.00. The number of hydrogen-bond donors (Lipinski definition) is 0. The van der Waals surface area contributed by atoms with Crippen molar-refractivity contribution < 1.29 is 0 Å². The molecular weight excluding hydrogens is 528 g/mol. The molecule has 44 heavy (non-hydrogen) atoms. The highest BCUT2D eigenvalue weighted by Gasteiger charge is 2.04. The molecule has 0 heteroatoms. The van der Waals surface area contributed by atoms with Crippen LogP contribution >= 0.6 is 0 Å². The summed E-state index contributed by atoms with van der Waals surface area (Å²) in [5, 5.41) is 13.5. The molecule has 0 heterocycles. The lowest BCUT2D eigenvalue weighted by Gasteiger charge is -2.07. The predicted octanol–water partition coefficient (Wildman–Crippen LogP) is 12.7. The normalized spacial score (nSPS) is 11.0. The predicted molar refractivity (Wildman–Crippen MR) is 195 cm³/mol. The number of rotatable bonds is 0. The van der Waals surface area contributed by atoms with Crippen molar-refractivity contribution in [2.45, 2.75) is 41.5 Å². The van der Waals surface area contributed by atoms with Gasteiger partial charge in [0.2, 0.25) is 0 Å². The van der Waals surface area contributed by atoms with Gasteiger partial charge in [-0.15, -0.1) is 0 Å². The van der Waals surface area contributed by atoms with E-state index in [0.29, 0.717) is 0 Å². The monoisotopic (exact) mass is 568 g/mol. The van der Waals surface area contributed by atoms with Crippen molar-refractivity contribution in [3.63, 3.8) is 0 Å². The summed E-state index contributed by atoms with van der Waals surface area (Å²) >= 11 is 0. The molecule has 8 aromatic rings. The van der Waals surface area contributed by atoms with Crippen LogP contribution < -0.4 is 0 Å². The maximum absolute atomic E-state index is 2.30. The SMILES string of the molecule is Cc1ccc(C)c2cc3ccccc3cc12.Cc1ccc(C)c2cc3ccccc3cc12.Cc1ccc(C)c2ccccc12. The van der Waals surface area contributed by atoms with E-state index in [-0.39, 0.29) is 0 Å². The Morgan fingerprint density at radius 1 is 0.227 bits per heavy atom. The summed E-state index contributed by atoms with van der Waals surface area (Å²) in [6, 6.07) is 48.0. The van der Waals surface area contributed by atoms with Gasteiger partial charge in [0.25, 0.3) is 0 Å². The fraction of sp³-hybridized carbons (Fsp3) is 0.136. The number of hydrogen-bond acceptors (Lipinski definition) is 0. The van der Waals surface area contributed by atoms with Gasteiger partial charge < -0.3 is 0 Å². The van der Waals surface area contributed by atoms with Gasteiger partial charge in [0.15, 0.2) is 0 Å². The van der Waals surface area contributed by atoms with Gasteiger partial charge in [0.05, 0.1) is 0 Å². The van der Waals surface area contributed by atoms with Crippen molar-refractivity contribution >= 4 is 53.9 Å². The minimum absolute atomic E-state index is 1.32. The Balaban J connectivity index is 0.000000118. The fourth-order valence-corrected chi connectivity index (χ4v) is 6.25. The minimum atomic E-state index is 1.32. The Morgan fingerprint density at radius 3 is 0.682 bits per heavy atom. The van der Waals surface area contributed by atoms with Crippen molar-refractivity contribution in [2.75, 3.05) is 0 Å². The fourth-order valence-electron chi connectivity index (χ4n) is 6.25. The first-order valence-corrected chi connectivity index (χ1v) is 15.5. The molecule has 0 aliphatic heterocycles. The molecule has 0 saturated carbocycles. The van der Waals surface area contributed by atoms with Gasteiger partial charge >= 0.3 is 0 Å². The quantitative estimate of drug-likeness (QED) is 0.160. The summed E-state index contributed by atoms with van der Waals surface area (Å²) in [4.78, 5) is 0. The first-order chi connectivity index (χ1) is 21.3. The van der Waals surface area contributed by atoms with E-state index in [1.807, 2.05) is 0 Å². The second-order valence-corrected chi connectivity index (χ2v) is 12.1. The van der Waals surface area contributed by atoms with Gasteiger partial charge in [-0.05, 0) is 153 Å². The molecule has 0 aromatic heterocycles. The van der Waals surface area contributed by atoms with Crippen LogP contribution in [0, 0.1) is 41.5 Å². The molecule has 0 unspecified atom stereocenters. The highest BCUT2D eigenvalue weighted by atomic mass is 14.1. The van der Waals surface area contributed by atoms with Gasteiger partial charge in [-0.25, -0.2) is 0 Å². The lowest BCUT2D eigenvalue weighted by atomic mass is 9.97. The Labute approximate surface area is 261 Å². The molecule has 0 radical (unpaired) electrons. The standard InChI is InChI=1S/2C16H14.C12H12/c2*1-11-7-8-12(2)16-10-14-6-4-3-5-13(14)9-15(11)16;1-9-7-8-10(2)12-6-4-3-5-11(9)12/h2*3-10H,1-2H3;3-8H,1-2H3. The third-order valence-electron chi connectivity index (χ3n) is 9.00. The summed E-state index contributed by atoms with van der Waals surface area (Å²) in [6.45, 7) is 13.0. The molecular formula is C44H40. The number of fused-ring (bicyclic) bond motifs is 5. The summed E-state index contributed by atoms with van der Waals surface area (Å²) in [6.07, 6.45) is 0. The maximum atomic E-state index is 2.30. The molecule has 0 aliphatic rings. The maximum Gasteiger partial charge on any atom is -0.0146 e. The molecule has 8 rings (SSSR count). The molecule has 0 N–H and O–H groups in total. The van der Waals surface area contributed by atoms with Crippen LogP contribution in [-0.4, -0.2) is 0 Å². The van der Waals surface area contributed by atoms with E-state index in [1.165, 1.54) is 87.2 Å². The lowest BCUT2D eigenvalue weighted by Crippen LogP contribution is -1.83. The molecule has 0 nitrogen and oxygen atoms in total. The largest absolute Gasteiger partial charge is 0.0616 e. The second-order valence-electron chi connectivity index (χ2n) is 12.1. The topological polar surface area (TPSA) is 0 Å². The van der Waals surface area contributed by atoms with Gasteiger partial charge in [-0.3, -0.25) is 0 Å². The van der Waals surface area contributed by atoms with Crippen molar-refractivity contribution in [3.8, 4) is 0 Å². The molecule has 0 bridgehead atoms. The van der Waals surface area contributed by atoms with E-state index in [0.717, 1.165) is 0 Å². The van der Waals surface area contributed by atoms with Crippen LogP contribution in [-0.2, 0) is 0 Å². The van der Waals surface area contributed by atoms with Crippen LogP contribution in [0.1, 0.15) is 33.4 Å². The first-order valence-electron chi connectivity index (χ1n) is 15.5. The lowest BCUT2D eigenvalue weighted by molar-refractivity contribution is 1.46. The molecule has 0 spiro atoms. The first kappa shape index (κ1) is 29.1. The van der Waals surface area contributed by atoms with Crippen LogP contribution in [0.5, 0.6) is 0 Å². The van der Waals surface area contributed by atoms with Gasteiger partial charge in [-0.2, -0.15) is 0 Å². The van der Waals surface area contributed by atoms with Crippen molar-refractivity contribution in [3.05, 3.63) is 167 Å². The average molecular weight is 569 g/mol. The summed E-state index contributed by atoms with van der Waals surface area (Å²) in [5.74, 6) is 0. The zero-order chi connectivity index (χ0) is 30.8. The van der Waals surface area contributed by atoms with E-state index in [1.54, 1.807) is 0 Å². The molecule has 0 saturated heterocycles. The van der Waals surface area contributed by atoms with Crippen LogP contribution in [0.3, 0.4) is 0 Å². The van der Waals surface area contributed by atoms with E-state index in [4.69, 9.17) is 0 Å². The Morgan fingerprint density at radius 2 is 0.432 bits per heavy atom. The van der Waals surface area contributed by atoms with E-state index >= 15 is 0 Å². The Bertz CT molecular complexity index is 2000. The second kappa shape index (κ2) is 12.3. The molecule has 216 valence electrons. The Kier molecular flexibility index (Phi) is 8.18. The summed E-state index contributed by atoms with van der Waals surface area (Å²) in [5.41, 5.74) is 8.13. The minimum Gasteiger partial charge on any atom is -0.0616 e. The van der Waals surface area contributed by atoms with Gasteiger partial charge in [-0.1, -0.05) is 109 Å². The number of aryl methyl sites for hydroxylation is 6. The van der Waals surface area contributed by atoms with E-state index < -0.39 is 0 Å². The zero-order valence-corrected chi connectivity index (χ0v) is 26.7. The van der Waals surface area contributed by atoms with Crippen molar-refractivity contribution in [2.24, 2.45) is 0 Å². The van der Waals surface area contributed by atoms with Crippen molar-refractivity contribution in [1.29, 1.82) is 0 Å². The average Bonchev–Trinajstić information content (AvgIpc) is 3.06.